The molecule has 0 bridgehead atoms. The summed E-state index contributed by atoms with van der Waals surface area (Å²) in [5.74, 6) is -1.35. The molecule has 0 saturated heterocycles. The molecule has 6 nitrogen and oxygen atoms in total. The molecule has 1 N–H and O–H groups in total. The molecule has 0 aliphatic heterocycles. The highest BCUT2D eigenvalue weighted by molar-refractivity contribution is 5.84. The van der Waals surface area contributed by atoms with Crippen LogP contribution >= 0.6 is 0 Å². The van der Waals surface area contributed by atoms with E-state index in [1.54, 1.807) is 6.07 Å². The van der Waals surface area contributed by atoms with Crippen LogP contribution in [0.1, 0.15) is 18.2 Å². The van der Waals surface area contributed by atoms with E-state index < -0.39 is 12.0 Å². The summed E-state index contributed by atoms with van der Waals surface area (Å²) in [6, 6.07) is 9.94. The van der Waals surface area contributed by atoms with Crippen LogP contribution < -0.4 is 0 Å². The Hall–Kier alpha value is -2.63. The molecule has 0 spiro atoms. The van der Waals surface area contributed by atoms with Gasteiger partial charge in [-0.15, -0.1) is 0 Å². The van der Waals surface area contributed by atoms with E-state index in [1.807, 2.05) is 30.3 Å². The highest BCUT2D eigenvalue weighted by atomic mass is 16.5. The van der Waals surface area contributed by atoms with Crippen LogP contribution in [0.3, 0.4) is 0 Å². The molecule has 21 heavy (non-hydrogen) atoms. The summed E-state index contributed by atoms with van der Waals surface area (Å²) in [7, 11) is 0. The van der Waals surface area contributed by atoms with E-state index in [9.17, 15) is 14.7 Å². The van der Waals surface area contributed by atoms with Crippen LogP contribution in [0.2, 0.25) is 0 Å². The molecule has 1 unspecified atom stereocenters. The van der Waals surface area contributed by atoms with Crippen molar-refractivity contribution in [2.24, 2.45) is 0 Å². The minimum Gasteiger partial charge on any atom is -0.480 e. The zero-order valence-corrected chi connectivity index (χ0v) is 11.6. The van der Waals surface area contributed by atoms with Gasteiger partial charge in [0.05, 0.1) is 12.1 Å². The van der Waals surface area contributed by atoms with Gasteiger partial charge in [0.25, 0.3) is 0 Å². The van der Waals surface area contributed by atoms with Gasteiger partial charge in [0.2, 0.25) is 5.91 Å². The fraction of sp³-hybridized carbons (Fsp3) is 0.267. The van der Waals surface area contributed by atoms with Crippen LogP contribution in [0.25, 0.3) is 0 Å². The molecule has 0 aliphatic rings. The fourth-order valence-corrected chi connectivity index (χ4v) is 1.94. The smallest absolute Gasteiger partial charge is 0.326 e. The lowest BCUT2D eigenvalue weighted by Crippen LogP contribution is -2.43. The molecule has 1 amide bonds. The number of amides is 1. The van der Waals surface area contributed by atoms with E-state index in [0.29, 0.717) is 5.69 Å². The Bertz CT molecular complexity index is 595. The lowest BCUT2D eigenvalue weighted by Gasteiger charge is -2.26. The highest BCUT2D eigenvalue weighted by Crippen LogP contribution is 2.11. The number of carboxylic acids is 1. The Morgan fingerprint density at radius 1 is 1.29 bits per heavy atom. The van der Waals surface area contributed by atoms with Crippen molar-refractivity contribution in [1.82, 2.24) is 10.1 Å². The third-order valence-corrected chi connectivity index (χ3v) is 3.16. The van der Waals surface area contributed by atoms with E-state index >= 15 is 0 Å². The molecular weight excluding hydrogens is 272 g/mol. The molecule has 0 radical (unpaired) electrons. The predicted molar refractivity (Wildman–Crippen MR) is 74.3 cm³/mol. The van der Waals surface area contributed by atoms with Crippen LogP contribution in [-0.4, -0.2) is 33.1 Å². The number of nitrogens with zero attached hydrogens (tertiary/aromatic N) is 2. The minimum atomic E-state index is -1.04. The Labute approximate surface area is 122 Å². The number of hydrogen-bond acceptors (Lipinski definition) is 4. The Kier molecular flexibility index (Phi) is 4.71. The number of carbonyl (C=O) groups excluding carboxylic acids is 1. The number of benzene rings is 1. The molecule has 110 valence electrons. The zero-order valence-electron chi connectivity index (χ0n) is 11.6. The van der Waals surface area contributed by atoms with Gasteiger partial charge in [-0.05, 0) is 12.5 Å². The van der Waals surface area contributed by atoms with Crippen molar-refractivity contribution >= 4 is 11.9 Å². The summed E-state index contributed by atoms with van der Waals surface area (Å²) < 4.78 is 4.68. The quantitative estimate of drug-likeness (QED) is 0.875. The molecule has 1 aromatic heterocycles. The van der Waals surface area contributed by atoms with Gasteiger partial charge in [-0.3, -0.25) is 4.79 Å². The second-order valence-corrected chi connectivity index (χ2v) is 4.69. The SMILES string of the molecule is CC(C(=O)O)N(Cc1ccccc1)C(=O)Cc1ccon1. The second kappa shape index (κ2) is 6.69. The topological polar surface area (TPSA) is 83.6 Å². The average Bonchev–Trinajstić information content (AvgIpc) is 2.97. The summed E-state index contributed by atoms with van der Waals surface area (Å²) in [6.07, 6.45) is 1.39. The first kappa shape index (κ1) is 14.8. The Morgan fingerprint density at radius 2 is 2.00 bits per heavy atom. The van der Waals surface area contributed by atoms with Crippen LogP contribution in [0, 0.1) is 0 Å². The van der Waals surface area contributed by atoms with Gasteiger partial charge in [-0.25, -0.2) is 4.79 Å². The van der Waals surface area contributed by atoms with E-state index in [2.05, 4.69) is 9.68 Å². The third-order valence-electron chi connectivity index (χ3n) is 3.16. The number of hydrogen-bond donors (Lipinski definition) is 1. The van der Waals surface area contributed by atoms with Gasteiger partial charge in [0.1, 0.15) is 12.3 Å². The van der Waals surface area contributed by atoms with Gasteiger partial charge in [-0.1, -0.05) is 35.5 Å². The monoisotopic (exact) mass is 288 g/mol. The van der Waals surface area contributed by atoms with Crippen LogP contribution in [0.4, 0.5) is 0 Å². The third kappa shape index (κ3) is 3.92. The maximum atomic E-state index is 12.3. The molecular formula is C15H16N2O4. The molecule has 0 aliphatic carbocycles. The minimum absolute atomic E-state index is 0.0148. The first-order valence-corrected chi connectivity index (χ1v) is 6.53. The summed E-state index contributed by atoms with van der Waals surface area (Å²) in [6.45, 7) is 1.73. The maximum Gasteiger partial charge on any atom is 0.326 e. The Balaban J connectivity index is 2.15. The van der Waals surface area contributed by atoms with Gasteiger partial charge in [-0.2, -0.15) is 0 Å². The van der Waals surface area contributed by atoms with Crippen molar-refractivity contribution < 1.29 is 19.2 Å². The fourth-order valence-electron chi connectivity index (χ4n) is 1.94. The van der Waals surface area contributed by atoms with Crippen molar-refractivity contribution in [2.45, 2.75) is 25.9 Å². The van der Waals surface area contributed by atoms with E-state index in [1.165, 1.54) is 18.1 Å². The number of rotatable bonds is 6. The number of aromatic nitrogens is 1. The second-order valence-electron chi connectivity index (χ2n) is 4.69. The molecule has 1 heterocycles. The van der Waals surface area contributed by atoms with E-state index in [-0.39, 0.29) is 18.9 Å². The van der Waals surface area contributed by atoms with Gasteiger partial charge in [0.15, 0.2) is 0 Å². The normalized spacial score (nSPS) is 11.9. The summed E-state index contributed by atoms with van der Waals surface area (Å²) in [5.41, 5.74) is 1.36. The van der Waals surface area contributed by atoms with Crippen LogP contribution in [0.5, 0.6) is 0 Å². The van der Waals surface area contributed by atoms with Gasteiger partial charge in [0, 0.05) is 12.6 Å². The Morgan fingerprint density at radius 3 is 2.57 bits per heavy atom. The van der Waals surface area contributed by atoms with Crippen LogP contribution in [-0.2, 0) is 22.6 Å². The molecule has 2 aromatic rings. The number of carbonyl (C=O) groups is 2. The summed E-state index contributed by atoms with van der Waals surface area (Å²) in [4.78, 5) is 24.9. The van der Waals surface area contributed by atoms with E-state index in [4.69, 9.17) is 0 Å². The lowest BCUT2D eigenvalue weighted by molar-refractivity contribution is -0.149. The molecule has 2 rings (SSSR count). The van der Waals surface area contributed by atoms with E-state index in [0.717, 1.165) is 5.56 Å². The standard InChI is InChI=1S/C15H16N2O4/c1-11(15(19)20)17(10-12-5-3-2-4-6-12)14(18)9-13-7-8-21-16-13/h2-8,11H,9-10H2,1H3,(H,19,20). The largest absolute Gasteiger partial charge is 0.480 e. The lowest BCUT2D eigenvalue weighted by atomic mass is 10.1. The number of aliphatic carboxylic acids is 1. The summed E-state index contributed by atoms with van der Waals surface area (Å²) >= 11 is 0. The van der Waals surface area contributed by atoms with Crippen molar-refractivity contribution in [2.75, 3.05) is 0 Å². The first-order chi connectivity index (χ1) is 10.1. The zero-order chi connectivity index (χ0) is 15.2. The average molecular weight is 288 g/mol. The molecule has 6 heteroatoms. The predicted octanol–water partition coefficient (Wildman–Crippen LogP) is 1.72. The first-order valence-electron chi connectivity index (χ1n) is 6.53. The van der Waals surface area contributed by atoms with Gasteiger partial charge >= 0.3 is 5.97 Å². The van der Waals surface area contributed by atoms with Crippen molar-refractivity contribution in [3.05, 3.63) is 53.9 Å². The molecule has 1 aromatic carbocycles. The highest BCUT2D eigenvalue weighted by Gasteiger charge is 2.26. The maximum absolute atomic E-state index is 12.3. The number of carboxylic acid groups (broad SMARTS) is 1. The summed E-state index contributed by atoms with van der Waals surface area (Å²) in [5, 5.41) is 12.9. The van der Waals surface area contributed by atoms with Crippen molar-refractivity contribution in [1.29, 1.82) is 0 Å². The van der Waals surface area contributed by atoms with Crippen LogP contribution in [0.15, 0.2) is 47.2 Å². The van der Waals surface area contributed by atoms with Gasteiger partial charge < -0.3 is 14.5 Å². The molecule has 0 saturated carbocycles. The molecule has 0 fully saturated rings. The molecule has 1 atom stereocenters. The van der Waals surface area contributed by atoms with Crippen molar-refractivity contribution in [3.63, 3.8) is 0 Å². The van der Waals surface area contributed by atoms with Crippen molar-refractivity contribution in [3.8, 4) is 0 Å².